The van der Waals surface area contributed by atoms with Crippen LogP contribution in [0.5, 0.6) is 11.5 Å². The van der Waals surface area contributed by atoms with Crippen molar-refractivity contribution in [2.24, 2.45) is 0 Å². The van der Waals surface area contributed by atoms with E-state index in [0.717, 1.165) is 0 Å². The third-order valence-corrected chi connectivity index (χ3v) is 6.90. The highest BCUT2D eigenvalue weighted by Crippen LogP contribution is 2.32. The fraction of sp³-hybridized carbons (Fsp3) is 0.409. The Morgan fingerprint density at radius 1 is 1.06 bits per heavy atom. The Kier molecular flexibility index (Phi) is 6.99. The van der Waals surface area contributed by atoms with Crippen LogP contribution in [-0.4, -0.2) is 64.5 Å². The summed E-state index contributed by atoms with van der Waals surface area (Å²) in [5.74, 6) is 0.499. The molecule has 8 nitrogen and oxygen atoms in total. The molecule has 1 amide bonds. The molecule has 0 saturated carbocycles. The zero-order chi connectivity index (χ0) is 23.4. The summed E-state index contributed by atoms with van der Waals surface area (Å²) in [6.07, 6.45) is -1.21. The Labute approximate surface area is 190 Å². The first-order chi connectivity index (χ1) is 15.8. The van der Waals surface area contributed by atoms with E-state index in [-0.39, 0.29) is 29.1 Å². The van der Waals surface area contributed by atoms with Crippen molar-refractivity contribution in [3.05, 3.63) is 48.0 Å². The molecule has 2 aromatic rings. The summed E-state index contributed by atoms with van der Waals surface area (Å²) in [5, 5.41) is 2.90. The van der Waals surface area contributed by atoms with Crippen molar-refractivity contribution in [3.8, 4) is 11.5 Å². The Balaban J connectivity index is 1.39. The van der Waals surface area contributed by atoms with Crippen molar-refractivity contribution in [3.63, 3.8) is 0 Å². The number of fused-ring (bicyclic) bond motifs is 1. The zero-order valence-corrected chi connectivity index (χ0v) is 18.6. The second kappa shape index (κ2) is 9.92. The van der Waals surface area contributed by atoms with Crippen molar-refractivity contribution in [2.45, 2.75) is 30.2 Å². The molecule has 2 N–H and O–H groups in total. The lowest BCUT2D eigenvalue weighted by atomic mass is 10.0. The van der Waals surface area contributed by atoms with Gasteiger partial charge in [0, 0.05) is 36.4 Å². The number of piperidine rings is 1. The number of rotatable bonds is 7. The summed E-state index contributed by atoms with van der Waals surface area (Å²) in [4.78, 5) is 14.4. The van der Waals surface area contributed by atoms with Crippen LogP contribution in [0.3, 0.4) is 0 Å². The monoisotopic (exact) mass is 481 g/mol. The molecule has 1 fully saturated rings. The van der Waals surface area contributed by atoms with Crippen LogP contribution in [0.4, 0.5) is 14.5 Å². The normalized spacial score (nSPS) is 17.1. The third kappa shape index (κ3) is 5.91. The molecule has 4 rings (SSSR count). The van der Waals surface area contributed by atoms with E-state index in [9.17, 15) is 22.0 Å². The molecule has 0 radical (unpaired) electrons. The zero-order valence-electron chi connectivity index (χ0n) is 17.8. The van der Waals surface area contributed by atoms with Gasteiger partial charge in [0.05, 0.1) is 11.4 Å². The van der Waals surface area contributed by atoms with E-state index in [1.54, 1.807) is 29.2 Å². The lowest BCUT2D eigenvalue weighted by molar-refractivity contribution is 0.0696. The first-order valence-corrected chi connectivity index (χ1v) is 12.1. The molecule has 0 bridgehead atoms. The molecular weight excluding hydrogens is 456 g/mol. The van der Waals surface area contributed by atoms with Crippen molar-refractivity contribution < 1.29 is 31.5 Å². The second-order valence-electron chi connectivity index (χ2n) is 7.93. The first-order valence-electron chi connectivity index (χ1n) is 10.6. The highest BCUT2D eigenvalue weighted by Gasteiger charge is 2.24. The smallest absolute Gasteiger partial charge is 0.262 e. The summed E-state index contributed by atoms with van der Waals surface area (Å²) < 4.78 is 64.0. The summed E-state index contributed by atoms with van der Waals surface area (Å²) >= 11 is 0. The lowest BCUT2D eigenvalue weighted by Gasteiger charge is -2.32. The van der Waals surface area contributed by atoms with E-state index >= 15 is 0 Å². The molecule has 178 valence electrons. The van der Waals surface area contributed by atoms with Gasteiger partial charge in [-0.05, 0) is 43.2 Å². The maximum absolute atomic E-state index is 12.8. The Hall–Kier alpha value is -2.92. The van der Waals surface area contributed by atoms with Crippen LogP contribution in [0, 0.1) is 0 Å². The van der Waals surface area contributed by atoms with Gasteiger partial charge in [0.1, 0.15) is 13.2 Å². The number of carbonyl (C=O) groups excluding carboxylic acids is 1. The Bertz CT molecular complexity index is 1100. The van der Waals surface area contributed by atoms with Crippen LogP contribution in [0.15, 0.2) is 47.4 Å². The molecule has 33 heavy (non-hydrogen) atoms. The van der Waals surface area contributed by atoms with E-state index in [0.29, 0.717) is 56.2 Å². The van der Waals surface area contributed by atoms with Gasteiger partial charge in [0.2, 0.25) is 0 Å². The molecule has 2 aliphatic heterocycles. The van der Waals surface area contributed by atoms with E-state index < -0.39 is 16.4 Å². The maximum atomic E-state index is 12.8. The van der Waals surface area contributed by atoms with Gasteiger partial charge in [-0.15, -0.1) is 0 Å². The average molecular weight is 482 g/mol. The van der Waals surface area contributed by atoms with Crippen molar-refractivity contribution >= 4 is 21.6 Å². The van der Waals surface area contributed by atoms with Gasteiger partial charge in [0.15, 0.2) is 11.5 Å². The number of sulfonamides is 1. The molecular formula is C22H25F2N3O5S. The number of hydrogen-bond donors (Lipinski definition) is 2. The van der Waals surface area contributed by atoms with Gasteiger partial charge in [-0.2, -0.15) is 0 Å². The summed E-state index contributed by atoms with van der Waals surface area (Å²) in [6, 6.07) is 10.4. The number of benzene rings is 2. The number of likely N-dealkylation sites (tertiary alicyclic amines) is 1. The summed E-state index contributed by atoms with van der Waals surface area (Å²) in [5.41, 5.74) is 0.539. The number of alkyl halides is 2. The first kappa shape index (κ1) is 23.2. The molecule has 2 aliphatic rings. The quantitative estimate of drug-likeness (QED) is 0.631. The molecule has 0 aromatic heterocycles. The number of nitrogens with zero attached hydrogens (tertiary/aromatic N) is 1. The fourth-order valence-corrected chi connectivity index (χ4v) is 4.92. The molecule has 2 heterocycles. The number of nitrogens with one attached hydrogen (secondary N) is 2. The van der Waals surface area contributed by atoms with E-state index in [4.69, 9.17) is 9.47 Å². The van der Waals surface area contributed by atoms with Gasteiger partial charge in [-0.3, -0.25) is 14.4 Å². The third-order valence-electron chi connectivity index (χ3n) is 5.52. The van der Waals surface area contributed by atoms with Crippen LogP contribution >= 0.6 is 0 Å². The fourth-order valence-electron chi connectivity index (χ4n) is 3.85. The number of ether oxygens (including phenoxy) is 2. The van der Waals surface area contributed by atoms with Crippen LogP contribution in [0.2, 0.25) is 0 Å². The van der Waals surface area contributed by atoms with Crippen LogP contribution in [-0.2, 0) is 10.0 Å². The van der Waals surface area contributed by atoms with Crippen LogP contribution in [0.1, 0.15) is 23.2 Å². The second-order valence-corrected chi connectivity index (χ2v) is 9.61. The Morgan fingerprint density at radius 3 is 2.52 bits per heavy atom. The predicted octanol–water partition coefficient (Wildman–Crippen LogP) is 2.72. The minimum Gasteiger partial charge on any atom is -0.486 e. The van der Waals surface area contributed by atoms with E-state index in [1.807, 2.05) is 0 Å². The van der Waals surface area contributed by atoms with E-state index in [2.05, 4.69) is 10.0 Å². The molecule has 0 aliphatic carbocycles. The summed E-state index contributed by atoms with van der Waals surface area (Å²) in [7, 11) is -3.92. The van der Waals surface area contributed by atoms with E-state index in [1.165, 1.54) is 18.2 Å². The summed E-state index contributed by atoms with van der Waals surface area (Å²) in [6.45, 7) is 1.47. The molecule has 1 saturated heterocycles. The predicted molar refractivity (Wildman–Crippen MR) is 118 cm³/mol. The molecule has 0 spiro atoms. The number of halogens is 2. The van der Waals surface area contributed by atoms with Crippen molar-refractivity contribution in [2.75, 3.05) is 37.6 Å². The highest BCUT2D eigenvalue weighted by molar-refractivity contribution is 7.92. The SMILES string of the molecule is O=C(NC1CCN(CC(F)F)CC1)c1cccc(NS(=O)(=O)c2ccc3c(c2)OCCO3)c1. The van der Waals surface area contributed by atoms with Gasteiger partial charge >= 0.3 is 0 Å². The minimum atomic E-state index is -3.92. The topological polar surface area (TPSA) is 97.0 Å². The van der Waals surface area contributed by atoms with Gasteiger partial charge in [-0.1, -0.05) is 6.07 Å². The van der Waals surface area contributed by atoms with Gasteiger partial charge < -0.3 is 14.8 Å². The molecule has 0 unspecified atom stereocenters. The number of carbonyl (C=O) groups is 1. The average Bonchev–Trinajstić information content (AvgIpc) is 2.79. The molecule has 2 aromatic carbocycles. The van der Waals surface area contributed by atoms with Crippen LogP contribution in [0.25, 0.3) is 0 Å². The van der Waals surface area contributed by atoms with Gasteiger partial charge in [-0.25, -0.2) is 17.2 Å². The lowest BCUT2D eigenvalue weighted by Crippen LogP contribution is -2.45. The Morgan fingerprint density at radius 2 is 1.79 bits per heavy atom. The highest BCUT2D eigenvalue weighted by atomic mass is 32.2. The molecule has 0 atom stereocenters. The van der Waals surface area contributed by atoms with Crippen LogP contribution < -0.4 is 19.5 Å². The minimum absolute atomic E-state index is 0.0113. The number of hydrogen-bond acceptors (Lipinski definition) is 6. The number of amides is 1. The standard InChI is InChI=1S/C22H25F2N3O5S/c23-21(24)14-27-8-6-16(7-9-27)25-22(28)15-2-1-3-17(12-15)26-33(29,30)18-4-5-19-20(13-18)32-11-10-31-19/h1-5,12-13,16,21,26H,6-11,14H2,(H,25,28). The number of anilines is 1. The maximum Gasteiger partial charge on any atom is 0.262 e. The van der Waals surface area contributed by atoms with Crippen molar-refractivity contribution in [1.82, 2.24) is 10.2 Å². The van der Waals surface area contributed by atoms with Crippen molar-refractivity contribution in [1.29, 1.82) is 0 Å². The molecule has 11 heteroatoms. The largest absolute Gasteiger partial charge is 0.486 e. The van der Waals surface area contributed by atoms with Gasteiger partial charge in [0.25, 0.3) is 22.4 Å².